The molecule has 13 rings (SSSR count). The van der Waals surface area contributed by atoms with E-state index in [-0.39, 0.29) is 19.1 Å². The Morgan fingerprint density at radius 3 is 1.76 bits per heavy atom. The second-order valence-corrected chi connectivity index (χ2v) is 18.6. The third kappa shape index (κ3) is 4.43. The van der Waals surface area contributed by atoms with Crippen molar-refractivity contribution in [1.82, 2.24) is 0 Å². The summed E-state index contributed by atoms with van der Waals surface area (Å²) in [4.78, 5) is 6.77. The molecule has 0 saturated heterocycles. The van der Waals surface area contributed by atoms with Crippen molar-refractivity contribution in [2.45, 2.75) is 30.6 Å². The Morgan fingerprint density at radius 1 is 0.492 bits per heavy atom. The minimum absolute atomic E-state index is 0.0590. The van der Waals surface area contributed by atoms with E-state index in [1.165, 1.54) is 76.2 Å². The fourth-order valence-electron chi connectivity index (χ4n) is 10.7. The van der Waals surface area contributed by atoms with Gasteiger partial charge in [0, 0.05) is 58.3 Å². The molecule has 8 aromatic carbocycles. The average Bonchev–Trinajstić information content (AvgIpc) is 3.63. The number of hydrogen-bond acceptors (Lipinski definition) is 4. The van der Waals surface area contributed by atoms with E-state index in [0.717, 1.165) is 60.9 Å². The summed E-state index contributed by atoms with van der Waals surface area (Å²) in [5.41, 5.74) is 17.7. The summed E-state index contributed by atoms with van der Waals surface area (Å²) in [5.74, 6) is -1.20. The van der Waals surface area contributed by atoms with Gasteiger partial charge in [0.2, 0.25) is 6.71 Å². The third-order valence-corrected chi connectivity index (χ3v) is 15.3. The van der Waals surface area contributed by atoms with Gasteiger partial charge in [-0.15, -0.1) is 11.3 Å². The molecule has 4 aliphatic heterocycles. The SMILES string of the molecule is Cc1ccc2c(c1)B1c3ccccc3Sc3c1c1c4c(c3-c3cccc5sc6ccccc6c35)N(c3c(F)cccc3F)c3ccc(C)cc3B4c3cc(C)ccc3N21. The molecule has 0 saturated carbocycles. The van der Waals surface area contributed by atoms with Crippen molar-refractivity contribution in [2.24, 2.45) is 0 Å². The van der Waals surface area contributed by atoms with E-state index in [4.69, 9.17) is 0 Å². The molecule has 0 fully saturated rings. The van der Waals surface area contributed by atoms with E-state index in [0.29, 0.717) is 0 Å². The topological polar surface area (TPSA) is 6.48 Å². The number of anilines is 6. The molecule has 0 spiro atoms. The molecule has 0 unspecified atom stereocenters. The van der Waals surface area contributed by atoms with Gasteiger partial charge in [0.1, 0.15) is 17.3 Å². The highest BCUT2D eigenvalue weighted by Gasteiger charge is 2.52. The summed E-state index contributed by atoms with van der Waals surface area (Å²) in [7, 11) is 0. The predicted octanol–water partition coefficient (Wildman–Crippen LogP) is 10.3. The first kappa shape index (κ1) is 33.8. The normalized spacial score (nSPS) is 14.0. The Balaban J connectivity index is 1.31. The summed E-state index contributed by atoms with van der Waals surface area (Å²) < 4.78 is 36.1. The fraction of sp³-hybridized carbons (Fsp3) is 0.0588. The van der Waals surface area contributed by atoms with Crippen LogP contribution in [0.5, 0.6) is 0 Å². The lowest BCUT2D eigenvalue weighted by Crippen LogP contribution is -2.68. The van der Waals surface area contributed by atoms with Crippen LogP contribution in [-0.2, 0) is 0 Å². The lowest BCUT2D eigenvalue weighted by atomic mass is 9.29. The summed E-state index contributed by atoms with van der Waals surface area (Å²) in [6.45, 7) is 6.20. The highest BCUT2D eigenvalue weighted by Crippen LogP contribution is 2.55. The van der Waals surface area contributed by atoms with Crippen molar-refractivity contribution in [1.29, 1.82) is 0 Å². The Kier molecular flexibility index (Phi) is 6.88. The van der Waals surface area contributed by atoms with Gasteiger partial charge >= 0.3 is 0 Å². The lowest BCUT2D eigenvalue weighted by molar-refractivity contribution is 0.586. The molecule has 1 aromatic heterocycles. The van der Waals surface area contributed by atoms with Gasteiger partial charge in [0.25, 0.3) is 6.71 Å². The van der Waals surface area contributed by atoms with E-state index in [2.05, 4.69) is 147 Å². The van der Waals surface area contributed by atoms with E-state index in [1.54, 1.807) is 23.1 Å². The van der Waals surface area contributed by atoms with E-state index in [1.807, 2.05) is 4.90 Å². The molecule has 0 atom stereocenters. The van der Waals surface area contributed by atoms with Gasteiger partial charge in [-0.1, -0.05) is 125 Å². The number of fused-ring (bicyclic) bond motifs is 13. The van der Waals surface area contributed by atoms with Crippen molar-refractivity contribution in [2.75, 3.05) is 9.80 Å². The molecule has 9 aromatic rings. The minimum atomic E-state index is -0.598. The van der Waals surface area contributed by atoms with Crippen molar-refractivity contribution in [3.05, 3.63) is 168 Å². The second-order valence-electron chi connectivity index (χ2n) is 16.4. The van der Waals surface area contributed by atoms with Gasteiger partial charge in [-0.3, -0.25) is 0 Å². The van der Waals surface area contributed by atoms with Crippen molar-refractivity contribution in [3.8, 4) is 11.1 Å². The molecule has 0 N–H and O–H groups in total. The van der Waals surface area contributed by atoms with Crippen LogP contribution in [0.2, 0.25) is 0 Å². The van der Waals surface area contributed by atoms with Crippen LogP contribution in [0.4, 0.5) is 42.9 Å². The van der Waals surface area contributed by atoms with E-state index >= 15 is 8.78 Å². The zero-order chi connectivity index (χ0) is 39.4. The van der Waals surface area contributed by atoms with Gasteiger partial charge in [-0.25, -0.2) is 8.78 Å². The second kappa shape index (κ2) is 12.0. The molecular formula is C51H32B2F2N2S2. The van der Waals surface area contributed by atoms with Gasteiger partial charge in [0.05, 0.1) is 5.69 Å². The van der Waals surface area contributed by atoms with Crippen LogP contribution in [0.3, 0.4) is 0 Å². The van der Waals surface area contributed by atoms with Crippen LogP contribution in [-0.4, -0.2) is 13.4 Å². The highest BCUT2D eigenvalue weighted by atomic mass is 32.2. The van der Waals surface area contributed by atoms with Crippen LogP contribution >= 0.6 is 23.1 Å². The standard InChI is InChI=1S/C51H32B2F2N2S2/c1-27-18-21-38-33(24-27)52-32-12-5-7-16-42(32)59-51-45(31-11-8-17-43-44(31)30-10-4-6-15-41(30)58-43)49-46-50(47(51)52)56(38)39-22-19-28(2)25-34(39)53(46)35-26-29(3)20-23-40(35)57(49)48-36(54)13-9-14-37(48)55/h4-26H,1-3H3. The largest absolute Gasteiger partial charge is 0.312 e. The monoisotopic (exact) mass is 796 g/mol. The van der Waals surface area contributed by atoms with Gasteiger partial charge in [-0.2, -0.15) is 0 Å². The third-order valence-electron chi connectivity index (χ3n) is 13.0. The first-order valence-electron chi connectivity index (χ1n) is 20.1. The van der Waals surface area contributed by atoms with E-state index < -0.39 is 11.6 Å². The zero-order valence-electron chi connectivity index (χ0n) is 32.4. The average molecular weight is 797 g/mol. The lowest BCUT2D eigenvalue weighted by Gasteiger charge is -2.50. The summed E-state index contributed by atoms with van der Waals surface area (Å²) in [6.07, 6.45) is 0. The number of hydrogen-bond donors (Lipinski definition) is 0. The van der Waals surface area contributed by atoms with E-state index in [9.17, 15) is 0 Å². The Labute approximate surface area is 349 Å². The number of nitrogens with zero attached hydrogens (tertiary/aromatic N) is 2. The highest BCUT2D eigenvalue weighted by molar-refractivity contribution is 8.00. The number of thiophene rings is 1. The Morgan fingerprint density at radius 2 is 1.07 bits per heavy atom. The number of benzene rings is 8. The summed E-state index contributed by atoms with van der Waals surface area (Å²) in [5, 5.41) is 2.35. The molecule has 0 aliphatic carbocycles. The summed E-state index contributed by atoms with van der Waals surface area (Å²) >= 11 is 3.60. The maximum Gasteiger partial charge on any atom is 0.252 e. The van der Waals surface area contributed by atoms with Gasteiger partial charge < -0.3 is 9.80 Å². The predicted molar refractivity (Wildman–Crippen MR) is 248 cm³/mol. The number of aryl methyl sites for hydroxylation is 3. The van der Waals surface area contributed by atoms with Crippen molar-refractivity contribution >= 4 is 124 Å². The first-order chi connectivity index (χ1) is 28.9. The molecular weight excluding hydrogens is 764 g/mol. The maximum absolute atomic E-state index is 16.9. The molecule has 4 aliphatic rings. The van der Waals surface area contributed by atoms with Crippen LogP contribution in [0.15, 0.2) is 149 Å². The molecule has 5 heterocycles. The first-order valence-corrected chi connectivity index (χ1v) is 21.8. The van der Waals surface area contributed by atoms with Gasteiger partial charge in [0.15, 0.2) is 0 Å². The number of para-hydroxylation sites is 1. The molecule has 0 bridgehead atoms. The van der Waals surface area contributed by atoms with Crippen LogP contribution in [0.1, 0.15) is 16.7 Å². The van der Waals surface area contributed by atoms with Crippen LogP contribution in [0, 0.1) is 32.4 Å². The Hall–Kier alpha value is -6.08. The fourth-order valence-corrected chi connectivity index (χ4v) is 13.2. The Bertz CT molecular complexity index is 3360. The summed E-state index contributed by atoms with van der Waals surface area (Å²) in [6, 6.07) is 48.5. The molecule has 8 heteroatoms. The van der Waals surface area contributed by atoms with Crippen LogP contribution < -0.4 is 42.6 Å². The molecule has 278 valence electrons. The zero-order valence-corrected chi connectivity index (χ0v) is 34.0. The molecule has 2 nitrogen and oxygen atoms in total. The van der Waals surface area contributed by atoms with Crippen molar-refractivity contribution < 1.29 is 8.78 Å². The van der Waals surface area contributed by atoms with Crippen LogP contribution in [0.25, 0.3) is 31.3 Å². The molecule has 0 amide bonds. The molecule has 0 radical (unpaired) electrons. The van der Waals surface area contributed by atoms with Gasteiger partial charge in [-0.05, 0) is 102 Å². The quantitative estimate of drug-likeness (QED) is 0.161. The molecule has 59 heavy (non-hydrogen) atoms. The number of rotatable bonds is 2. The number of halogens is 2. The minimum Gasteiger partial charge on any atom is -0.312 e. The van der Waals surface area contributed by atoms with Crippen molar-refractivity contribution in [3.63, 3.8) is 0 Å². The maximum atomic E-state index is 16.9. The smallest absolute Gasteiger partial charge is 0.252 e.